The monoisotopic (exact) mass is 288 g/mol. The quantitative estimate of drug-likeness (QED) is 0.697. The molecule has 3 heteroatoms. The van der Waals surface area contributed by atoms with Crippen LogP contribution in [0.2, 0.25) is 0 Å². The van der Waals surface area contributed by atoms with E-state index in [-0.39, 0.29) is 22.8 Å². The molecule has 0 spiro atoms. The van der Waals surface area contributed by atoms with Gasteiger partial charge in [-0.3, -0.25) is 0 Å². The van der Waals surface area contributed by atoms with Gasteiger partial charge in [0.2, 0.25) is 0 Å². The average Bonchev–Trinajstić information content (AvgIpc) is 2.48. The Hall–Kier alpha value is -2.16. The van der Waals surface area contributed by atoms with Gasteiger partial charge in [0.15, 0.2) is 11.6 Å². The van der Waals surface area contributed by atoms with Crippen molar-refractivity contribution in [3.05, 3.63) is 64.7 Å². The van der Waals surface area contributed by atoms with Crippen LogP contribution in [0.5, 0.6) is 5.75 Å². The molecule has 0 bridgehead atoms. The molecular formula is C18H18F2O. The van der Waals surface area contributed by atoms with Gasteiger partial charge in [0.05, 0.1) is 7.11 Å². The normalized spacial score (nSPS) is 11.3. The molecular weight excluding hydrogens is 270 g/mol. The van der Waals surface area contributed by atoms with Crippen molar-refractivity contribution in [3.8, 4) is 5.75 Å². The van der Waals surface area contributed by atoms with Gasteiger partial charge in [-0.1, -0.05) is 56.3 Å². The van der Waals surface area contributed by atoms with Crippen molar-refractivity contribution in [2.24, 2.45) is 0 Å². The summed E-state index contributed by atoms with van der Waals surface area (Å²) < 4.78 is 33.7. The minimum Gasteiger partial charge on any atom is -0.493 e. The second kappa shape index (κ2) is 6.53. The fourth-order valence-corrected chi connectivity index (χ4v) is 2.24. The molecule has 0 saturated carbocycles. The van der Waals surface area contributed by atoms with E-state index in [1.807, 2.05) is 30.3 Å². The SMILES string of the molecule is COc1c(F)c(/C=C/c2ccccc2)cc(F)c1C(C)C. The zero-order valence-electron chi connectivity index (χ0n) is 12.4. The van der Waals surface area contributed by atoms with Crippen molar-refractivity contribution in [1.82, 2.24) is 0 Å². The largest absolute Gasteiger partial charge is 0.493 e. The summed E-state index contributed by atoms with van der Waals surface area (Å²) in [5.41, 5.74) is 1.37. The minimum atomic E-state index is -0.533. The standard InChI is InChI=1S/C18H18F2O/c1-12(2)16-15(19)11-14(17(20)18(16)21-3)10-9-13-7-5-4-6-8-13/h4-12H,1-3H3/b10-9+. The number of halogens is 2. The predicted octanol–water partition coefficient (Wildman–Crippen LogP) is 5.27. The first-order valence-corrected chi connectivity index (χ1v) is 6.83. The molecule has 0 fully saturated rings. The van der Waals surface area contributed by atoms with Crippen LogP contribution in [0.3, 0.4) is 0 Å². The number of ether oxygens (including phenoxy) is 1. The van der Waals surface area contributed by atoms with E-state index in [1.54, 1.807) is 26.0 Å². The molecule has 0 aliphatic rings. The van der Waals surface area contributed by atoms with Crippen molar-refractivity contribution in [2.75, 3.05) is 7.11 Å². The van der Waals surface area contributed by atoms with E-state index in [4.69, 9.17) is 4.74 Å². The van der Waals surface area contributed by atoms with Crippen molar-refractivity contribution in [3.63, 3.8) is 0 Å². The number of methoxy groups -OCH3 is 1. The summed E-state index contributed by atoms with van der Waals surface area (Å²) in [6.45, 7) is 3.61. The lowest BCUT2D eigenvalue weighted by Gasteiger charge is -2.15. The summed E-state index contributed by atoms with van der Waals surface area (Å²) in [5, 5.41) is 0. The second-order valence-corrected chi connectivity index (χ2v) is 5.11. The van der Waals surface area contributed by atoms with E-state index in [2.05, 4.69) is 0 Å². The third-order valence-electron chi connectivity index (χ3n) is 3.27. The Morgan fingerprint density at radius 3 is 2.29 bits per heavy atom. The number of hydrogen-bond acceptors (Lipinski definition) is 1. The lowest BCUT2D eigenvalue weighted by molar-refractivity contribution is 0.373. The molecule has 0 radical (unpaired) electrons. The van der Waals surface area contributed by atoms with Crippen LogP contribution < -0.4 is 4.74 Å². The van der Waals surface area contributed by atoms with Gasteiger partial charge in [-0.15, -0.1) is 0 Å². The summed E-state index contributed by atoms with van der Waals surface area (Å²) in [5.74, 6) is -1.15. The zero-order valence-corrected chi connectivity index (χ0v) is 12.4. The second-order valence-electron chi connectivity index (χ2n) is 5.11. The highest BCUT2D eigenvalue weighted by Crippen LogP contribution is 2.34. The van der Waals surface area contributed by atoms with Crippen LogP contribution in [0, 0.1) is 11.6 Å². The van der Waals surface area contributed by atoms with Crippen molar-refractivity contribution in [2.45, 2.75) is 19.8 Å². The minimum absolute atomic E-state index is 0.0160. The van der Waals surface area contributed by atoms with E-state index in [0.29, 0.717) is 0 Å². The van der Waals surface area contributed by atoms with Crippen LogP contribution in [0.15, 0.2) is 36.4 Å². The van der Waals surface area contributed by atoms with Gasteiger partial charge in [0, 0.05) is 11.1 Å². The Morgan fingerprint density at radius 2 is 1.71 bits per heavy atom. The summed E-state index contributed by atoms with van der Waals surface area (Å²) in [7, 11) is 1.36. The summed E-state index contributed by atoms with van der Waals surface area (Å²) in [6, 6.07) is 10.7. The molecule has 110 valence electrons. The molecule has 2 aromatic carbocycles. The lowest BCUT2D eigenvalue weighted by atomic mass is 9.98. The van der Waals surface area contributed by atoms with Gasteiger partial charge in [-0.05, 0) is 17.5 Å². The maximum absolute atomic E-state index is 14.4. The Kier molecular flexibility index (Phi) is 4.73. The smallest absolute Gasteiger partial charge is 0.172 e. The van der Waals surface area contributed by atoms with Crippen LogP contribution >= 0.6 is 0 Å². The maximum atomic E-state index is 14.4. The fraction of sp³-hybridized carbons (Fsp3) is 0.222. The summed E-state index contributed by atoms with van der Waals surface area (Å²) in [6.07, 6.45) is 3.30. The van der Waals surface area contributed by atoms with Crippen molar-refractivity contribution >= 4 is 12.2 Å². The highest BCUT2D eigenvalue weighted by Gasteiger charge is 2.20. The Morgan fingerprint density at radius 1 is 1.05 bits per heavy atom. The van der Waals surface area contributed by atoms with Gasteiger partial charge in [0.25, 0.3) is 0 Å². The first kappa shape index (κ1) is 15.2. The van der Waals surface area contributed by atoms with Crippen molar-refractivity contribution in [1.29, 1.82) is 0 Å². The van der Waals surface area contributed by atoms with Gasteiger partial charge in [-0.25, -0.2) is 8.78 Å². The number of hydrogen-bond donors (Lipinski definition) is 0. The van der Waals surface area contributed by atoms with Crippen LogP contribution in [-0.4, -0.2) is 7.11 Å². The average molecular weight is 288 g/mol. The van der Waals surface area contributed by atoms with E-state index < -0.39 is 11.6 Å². The van der Waals surface area contributed by atoms with Crippen LogP contribution in [-0.2, 0) is 0 Å². The Labute approximate surface area is 123 Å². The van der Waals surface area contributed by atoms with Gasteiger partial charge >= 0.3 is 0 Å². The zero-order chi connectivity index (χ0) is 15.4. The molecule has 0 aliphatic heterocycles. The molecule has 21 heavy (non-hydrogen) atoms. The third kappa shape index (κ3) is 3.30. The number of rotatable bonds is 4. The molecule has 0 aliphatic carbocycles. The molecule has 0 heterocycles. The van der Waals surface area contributed by atoms with Gasteiger partial charge < -0.3 is 4.74 Å². The highest BCUT2D eigenvalue weighted by atomic mass is 19.1. The molecule has 0 atom stereocenters. The van der Waals surface area contributed by atoms with E-state index in [9.17, 15) is 8.78 Å². The highest BCUT2D eigenvalue weighted by molar-refractivity contribution is 5.71. The van der Waals surface area contributed by atoms with Crippen LogP contribution in [0.1, 0.15) is 36.5 Å². The molecule has 2 rings (SSSR count). The molecule has 2 aromatic rings. The molecule has 1 nitrogen and oxygen atoms in total. The summed E-state index contributed by atoms with van der Waals surface area (Å²) >= 11 is 0. The Bertz CT molecular complexity index is 646. The molecule has 0 unspecified atom stereocenters. The Balaban J connectivity index is 2.46. The topological polar surface area (TPSA) is 9.23 Å². The number of benzene rings is 2. The lowest BCUT2D eigenvalue weighted by Crippen LogP contribution is -2.03. The first-order valence-electron chi connectivity index (χ1n) is 6.83. The van der Waals surface area contributed by atoms with Gasteiger partial charge in [0.1, 0.15) is 5.82 Å². The molecule has 0 N–H and O–H groups in total. The first-order chi connectivity index (χ1) is 10.0. The van der Waals surface area contributed by atoms with Crippen molar-refractivity contribution < 1.29 is 13.5 Å². The maximum Gasteiger partial charge on any atom is 0.172 e. The summed E-state index contributed by atoms with van der Waals surface area (Å²) in [4.78, 5) is 0. The predicted molar refractivity (Wildman–Crippen MR) is 82.4 cm³/mol. The molecule has 0 aromatic heterocycles. The third-order valence-corrected chi connectivity index (χ3v) is 3.27. The molecule has 0 amide bonds. The van der Waals surface area contributed by atoms with E-state index in [0.717, 1.165) is 5.56 Å². The van der Waals surface area contributed by atoms with Crippen LogP contribution in [0.4, 0.5) is 8.78 Å². The fourth-order valence-electron chi connectivity index (χ4n) is 2.24. The molecule has 0 saturated heterocycles. The van der Waals surface area contributed by atoms with Gasteiger partial charge in [-0.2, -0.15) is 0 Å². The van der Waals surface area contributed by atoms with Crippen LogP contribution in [0.25, 0.3) is 12.2 Å². The van der Waals surface area contributed by atoms with E-state index in [1.165, 1.54) is 13.2 Å². The van der Waals surface area contributed by atoms with E-state index >= 15 is 0 Å².